The largest absolute Gasteiger partial charge is 0.366 e. The van der Waals surface area contributed by atoms with E-state index in [9.17, 15) is 9.59 Å². The number of carbonyl (C=O) groups excluding carboxylic acids is 2. The zero-order valence-electron chi connectivity index (χ0n) is 17.5. The molecule has 0 spiro atoms. The number of nitrogens with zero attached hydrogens (tertiary/aromatic N) is 2. The van der Waals surface area contributed by atoms with Crippen LogP contribution >= 0.6 is 35.3 Å². The Kier molecular flexibility index (Phi) is 7.72. The second-order valence-electron chi connectivity index (χ2n) is 7.53. The number of likely N-dealkylation sites (tertiary alicyclic amines) is 1. The number of nitrogens with one attached hydrogen (secondary N) is 2. The van der Waals surface area contributed by atoms with Crippen LogP contribution in [-0.2, 0) is 9.59 Å². The van der Waals surface area contributed by atoms with Crippen molar-refractivity contribution in [3.63, 3.8) is 0 Å². The molecule has 1 fully saturated rings. The lowest BCUT2D eigenvalue weighted by Crippen LogP contribution is -2.36. The van der Waals surface area contributed by atoms with Gasteiger partial charge in [0.15, 0.2) is 4.34 Å². The van der Waals surface area contributed by atoms with Crippen LogP contribution in [0.25, 0.3) is 10.2 Å². The highest BCUT2D eigenvalue weighted by atomic mass is 32.2. The first-order valence-corrected chi connectivity index (χ1v) is 12.7. The summed E-state index contributed by atoms with van der Waals surface area (Å²) >= 11 is 8.37. The first-order chi connectivity index (χ1) is 15.6. The molecule has 9 heteroatoms. The molecule has 0 radical (unpaired) electrons. The van der Waals surface area contributed by atoms with Gasteiger partial charge < -0.3 is 15.5 Å². The Balaban J connectivity index is 1.30. The number of thiocarbonyl (C=S) groups is 1. The highest BCUT2D eigenvalue weighted by Gasteiger charge is 2.16. The van der Waals surface area contributed by atoms with E-state index >= 15 is 0 Å². The molecular weight excluding hydrogens is 460 g/mol. The van der Waals surface area contributed by atoms with Crippen LogP contribution in [0.4, 0.5) is 11.4 Å². The molecule has 1 aliphatic rings. The fourth-order valence-corrected chi connectivity index (χ4v) is 5.71. The second-order valence-corrected chi connectivity index (χ2v) is 10.3. The highest BCUT2D eigenvalue weighted by Crippen LogP contribution is 2.31. The lowest BCUT2D eigenvalue weighted by atomic mass is 10.1. The van der Waals surface area contributed by atoms with Crippen LogP contribution < -0.4 is 10.6 Å². The number of piperidine rings is 1. The monoisotopic (exact) mass is 484 g/mol. The first kappa shape index (κ1) is 22.7. The molecule has 3 aromatic rings. The van der Waals surface area contributed by atoms with Gasteiger partial charge >= 0.3 is 0 Å². The number of fused-ring (bicyclic) bond motifs is 1. The summed E-state index contributed by atoms with van der Waals surface area (Å²) in [6, 6.07) is 15.0. The van der Waals surface area contributed by atoms with Crippen molar-refractivity contribution in [1.82, 2.24) is 9.88 Å². The van der Waals surface area contributed by atoms with Gasteiger partial charge in [-0.15, -0.1) is 11.3 Å². The summed E-state index contributed by atoms with van der Waals surface area (Å²) in [6.45, 7) is 1.89. The summed E-state index contributed by atoms with van der Waals surface area (Å²) in [7, 11) is 0. The molecule has 0 bridgehead atoms. The molecule has 166 valence electrons. The zero-order chi connectivity index (χ0) is 22.3. The number of thioether (sulfide) groups is 1. The number of hydrogen-bond donors (Lipinski definition) is 2. The number of hydrogen-bond acceptors (Lipinski definition) is 6. The lowest BCUT2D eigenvalue weighted by molar-refractivity contribution is -0.115. The molecule has 2 amide bonds. The Hall–Kier alpha value is -2.49. The number of thiazole rings is 1. The van der Waals surface area contributed by atoms with E-state index < -0.39 is 0 Å². The molecule has 2 N–H and O–H groups in total. The molecule has 6 nitrogen and oxygen atoms in total. The second kappa shape index (κ2) is 10.9. The Morgan fingerprint density at radius 1 is 1.00 bits per heavy atom. The van der Waals surface area contributed by atoms with E-state index in [1.54, 1.807) is 0 Å². The van der Waals surface area contributed by atoms with Gasteiger partial charge in [-0.2, -0.15) is 0 Å². The molecule has 0 aliphatic carbocycles. The molecular formula is C23H24N4O2S3. The fraction of sp³-hybridized carbons (Fsp3) is 0.304. The van der Waals surface area contributed by atoms with Gasteiger partial charge in [-0.25, -0.2) is 4.98 Å². The van der Waals surface area contributed by atoms with Crippen LogP contribution in [0, 0.1) is 0 Å². The Morgan fingerprint density at radius 2 is 1.75 bits per heavy atom. The average Bonchev–Trinajstić information content (AvgIpc) is 3.21. The van der Waals surface area contributed by atoms with E-state index in [1.165, 1.54) is 29.5 Å². The lowest BCUT2D eigenvalue weighted by Gasteiger charge is -2.28. The predicted molar refractivity (Wildman–Crippen MR) is 137 cm³/mol. The maximum Gasteiger partial charge on any atom is 0.234 e. The average molecular weight is 485 g/mol. The minimum atomic E-state index is -0.100. The van der Waals surface area contributed by atoms with Gasteiger partial charge in [-0.1, -0.05) is 42.2 Å². The third kappa shape index (κ3) is 6.27. The molecule has 0 atom stereocenters. The van der Waals surface area contributed by atoms with Crippen molar-refractivity contribution in [2.75, 3.05) is 29.5 Å². The van der Waals surface area contributed by atoms with Crippen LogP contribution in [0.5, 0.6) is 0 Å². The van der Waals surface area contributed by atoms with Crippen LogP contribution in [0.15, 0.2) is 52.9 Å². The third-order valence-corrected chi connectivity index (χ3v) is 7.62. The van der Waals surface area contributed by atoms with E-state index in [1.807, 2.05) is 48.5 Å². The molecule has 2 heterocycles. The van der Waals surface area contributed by atoms with Crippen LogP contribution in [-0.4, -0.2) is 45.5 Å². The number of para-hydroxylation sites is 1. The van der Waals surface area contributed by atoms with Gasteiger partial charge in [-0.05, 0) is 49.6 Å². The molecule has 1 aromatic heterocycles. The van der Waals surface area contributed by atoms with Crippen molar-refractivity contribution >= 4 is 73.7 Å². The van der Waals surface area contributed by atoms with E-state index in [-0.39, 0.29) is 24.0 Å². The number of benzene rings is 2. The molecule has 0 saturated carbocycles. The van der Waals surface area contributed by atoms with Crippen LogP contribution in [0.3, 0.4) is 0 Å². The number of anilines is 2. The number of aromatic nitrogens is 1. The van der Waals surface area contributed by atoms with E-state index in [0.29, 0.717) is 4.99 Å². The number of amides is 2. The summed E-state index contributed by atoms with van der Waals surface area (Å²) in [5, 5.41) is 5.82. The van der Waals surface area contributed by atoms with E-state index in [2.05, 4.69) is 20.5 Å². The predicted octanol–water partition coefficient (Wildman–Crippen LogP) is 5.17. The molecule has 32 heavy (non-hydrogen) atoms. The number of rotatable bonds is 7. The van der Waals surface area contributed by atoms with Crippen molar-refractivity contribution in [1.29, 1.82) is 0 Å². The number of carbonyl (C=O) groups is 2. The quantitative estimate of drug-likeness (QED) is 0.356. The van der Waals surface area contributed by atoms with Gasteiger partial charge in [0.1, 0.15) is 0 Å². The topological polar surface area (TPSA) is 74.3 Å². The standard InChI is InChI=1S/C23H24N4O2S3/c28-20(14-22(30)27-11-5-2-6-12-27)25-17-9-10-18-19(13-17)32-23(26-18)31-15-21(29)24-16-7-3-1-4-8-16/h1,3-4,7-10,13H,2,5-6,11-12,14-15H2,(H,24,29)(H,25,28). The van der Waals surface area contributed by atoms with Crippen LogP contribution in [0.1, 0.15) is 25.7 Å². The molecule has 1 aliphatic heterocycles. The summed E-state index contributed by atoms with van der Waals surface area (Å²) in [4.78, 5) is 32.1. The van der Waals surface area contributed by atoms with Gasteiger partial charge in [0, 0.05) is 24.5 Å². The van der Waals surface area contributed by atoms with Crippen molar-refractivity contribution in [2.45, 2.75) is 30.0 Å². The third-order valence-electron chi connectivity index (χ3n) is 5.06. The van der Waals surface area contributed by atoms with Crippen LogP contribution in [0.2, 0.25) is 0 Å². The minimum Gasteiger partial charge on any atom is -0.366 e. The van der Waals surface area contributed by atoms with Crippen molar-refractivity contribution in [3.8, 4) is 0 Å². The Morgan fingerprint density at radius 3 is 2.53 bits per heavy atom. The van der Waals surface area contributed by atoms with Crippen molar-refractivity contribution in [3.05, 3.63) is 48.5 Å². The normalized spacial score (nSPS) is 13.7. The zero-order valence-corrected chi connectivity index (χ0v) is 20.0. The maximum absolute atomic E-state index is 12.4. The molecule has 2 aromatic carbocycles. The Bertz CT molecular complexity index is 1110. The fourth-order valence-electron chi connectivity index (χ4n) is 3.49. The summed E-state index contributed by atoms with van der Waals surface area (Å²) < 4.78 is 1.78. The first-order valence-electron chi connectivity index (χ1n) is 10.5. The Labute approximate surface area is 200 Å². The SMILES string of the molecule is O=C(CSc1nc2ccc(NC(=O)CC(=S)N3CCCCC3)cc2s1)Nc1ccccc1. The van der Waals surface area contributed by atoms with Gasteiger partial charge in [-0.3, -0.25) is 9.59 Å². The summed E-state index contributed by atoms with van der Waals surface area (Å²) in [5.41, 5.74) is 2.36. The van der Waals surface area contributed by atoms with Gasteiger partial charge in [0.05, 0.1) is 27.4 Å². The van der Waals surface area contributed by atoms with Crippen molar-refractivity contribution in [2.24, 2.45) is 0 Å². The minimum absolute atomic E-state index is 0.0712. The highest BCUT2D eigenvalue weighted by molar-refractivity contribution is 8.01. The van der Waals surface area contributed by atoms with Gasteiger partial charge in [0.2, 0.25) is 11.8 Å². The molecule has 1 saturated heterocycles. The molecule has 4 rings (SSSR count). The summed E-state index contributed by atoms with van der Waals surface area (Å²) in [5.74, 6) is 0.112. The van der Waals surface area contributed by atoms with Gasteiger partial charge in [0.25, 0.3) is 0 Å². The summed E-state index contributed by atoms with van der Waals surface area (Å²) in [6.07, 6.45) is 3.74. The smallest absolute Gasteiger partial charge is 0.234 e. The van der Waals surface area contributed by atoms with E-state index in [0.717, 1.165) is 51.9 Å². The maximum atomic E-state index is 12.4. The molecule has 0 unspecified atom stereocenters. The van der Waals surface area contributed by atoms with Crippen molar-refractivity contribution < 1.29 is 9.59 Å². The van der Waals surface area contributed by atoms with E-state index in [4.69, 9.17) is 12.2 Å².